The highest BCUT2D eigenvalue weighted by Gasteiger charge is 2.33. The number of hydrogen-bond acceptors (Lipinski definition) is 4. The topological polar surface area (TPSA) is 36.4 Å². The van der Waals surface area contributed by atoms with Crippen LogP contribution in [0.3, 0.4) is 0 Å². The number of aromatic nitrogens is 1. The standard InChI is InChI=1S/C23H23N3OS/c27-22(17-8-2-1-3-9-17)26-16-25(14-18-10-6-7-13-24-18)15-20-19-11-4-5-12-21(19)28-23(20)26/h1-3,6-10,13H,4-5,11-12,14-16H2. The Kier molecular flexibility index (Phi) is 4.71. The van der Waals surface area contributed by atoms with Gasteiger partial charge in [-0.2, -0.15) is 0 Å². The van der Waals surface area contributed by atoms with Gasteiger partial charge < -0.3 is 0 Å². The number of nitrogens with zero attached hydrogens (tertiary/aromatic N) is 3. The largest absolute Gasteiger partial charge is 0.286 e. The van der Waals surface area contributed by atoms with Crippen LogP contribution in [0.15, 0.2) is 54.7 Å². The first kappa shape index (κ1) is 17.6. The summed E-state index contributed by atoms with van der Waals surface area (Å²) in [6, 6.07) is 15.7. The monoisotopic (exact) mass is 389 g/mol. The summed E-state index contributed by atoms with van der Waals surface area (Å²) in [5, 5.41) is 1.16. The number of anilines is 1. The van der Waals surface area contributed by atoms with Gasteiger partial charge in [0, 0.05) is 35.3 Å². The van der Waals surface area contributed by atoms with Crippen LogP contribution in [-0.2, 0) is 25.9 Å². The lowest BCUT2D eigenvalue weighted by Crippen LogP contribution is -2.44. The molecule has 1 amide bonds. The van der Waals surface area contributed by atoms with Gasteiger partial charge in [-0.3, -0.25) is 19.6 Å². The molecule has 3 heterocycles. The van der Waals surface area contributed by atoms with Crippen LogP contribution in [-0.4, -0.2) is 22.5 Å². The molecule has 142 valence electrons. The Labute approximate surface area is 169 Å². The van der Waals surface area contributed by atoms with Gasteiger partial charge in [0.25, 0.3) is 5.91 Å². The molecule has 0 bridgehead atoms. The number of pyridine rings is 1. The van der Waals surface area contributed by atoms with Gasteiger partial charge in [-0.05, 0) is 55.5 Å². The van der Waals surface area contributed by atoms with Crippen LogP contribution in [0.25, 0.3) is 0 Å². The molecule has 3 aromatic rings. The van der Waals surface area contributed by atoms with Gasteiger partial charge in [-0.25, -0.2) is 0 Å². The average molecular weight is 390 g/mol. The molecule has 2 aromatic heterocycles. The van der Waals surface area contributed by atoms with E-state index in [0.29, 0.717) is 6.67 Å². The molecular weight excluding hydrogens is 366 g/mol. The molecular formula is C23H23N3OS. The van der Waals surface area contributed by atoms with E-state index in [0.717, 1.165) is 42.2 Å². The molecule has 0 unspecified atom stereocenters. The lowest BCUT2D eigenvalue weighted by Gasteiger charge is -2.35. The molecule has 0 spiro atoms. The number of benzene rings is 1. The second kappa shape index (κ2) is 7.49. The number of carbonyl (C=O) groups excluding carboxylic acids is 1. The number of aryl methyl sites for hydroxylation is 1. The molecule has 1 aliphatic carbocycles. The van der Waals surface area contributed by atoms with E-state index in [1.165, 1.54) is 28.8 Å². The smallest absolute Gasteiger partial charge is 0.260 e. The second-order valence-corrected chi connectivity index (χ2v) is 8.63. The van der Waals surface area contributed by atoms with Crippen molar-refractivity contribution >= 4 is 22.2 Å². The minimum Gasteiger partial charge on any atom is -0.286 e. The molecule has 0 radical (unpaired) electrons. The lowest BCUT2D eigenvalue weighted by molar-refractivity contribution is 0.0956. The summed E-state index contributed by atoms with van der Waals surface area (Å²) in [4.78, 5) is 23.7. The summed E-state index contributed by atoms with van der Waals surface area (Å²) in [6.45, 7) is 2.26. The SMILES string of the molecule is O=C(c1ccccc1)N1CN(Cc2ccccn2)Cc2c1sc1c2CCCC1. The number of thiophene rings is 1. The fraction of sp³-hybridized carbons (Fsp3) is 0.304. The van der Waals surface area contributed by atoms with Gasteiger partial charge in [-0.1, -0.05) is 24.3 Å². The fourth-order valence-electron chi connectivity index (χ4n) is 4.26. The zero-order chi connectivity index (χ0) is 18.9. The first-order chi connectivity index (χ1) is 13.8. The van der Waals surface area contributed by atoms with Crippen molar-refractivity contribution in [2.75, 3.05) is 11.6 Å². The van der Waals surface area contributed by atoms with Gasteiger partial charge in [-0.15, -0.1) is 11.3 Å². The number of hydrogen-bond donors (Lipinski definition) is 0. The molecule has 5 rings (SSSR count). The van der Waals surface area contributed by atoms with E-state index in [9.17, 15) is 4.79 Å². The van der Waals surface area contributed by atoms with E-state index in [2.05, 4.69) is 16.0 Å². The van der Waals surface area contributed by atoms with Crippen molar-refractivity contribution < 1.29 is 4.79 Å². The maximum absolute atomic E-state index is 13.4. The molecule has 1 aromatic carbocycles. The highest BCUT2D eigenvalue weighted by atomic mass is 32.1. The van der Waals surface area contributed by atoms with Crippen LogP contribution in [0, 0.1) is 0 Å². The number of amides is 1. The summed E-state index contributed by atoms with van der Waals surface area (Å²) >= 11 is 1.84. The van der Waals surface area contributed by atoms with Crippen LogP contribution in [0.4, 0.5) is 5.00 Å². The maximum atomic E-state index is 13.4. The van der Waals surface area contributed by atoms with Crippen molar-refractivity contribution in [3.05, 3.63) is 82.0 Å². The minimum absolute atomic E-state index is 0.0890. The lowest BCUT2D eigenvalue weighted by atomic mass is 9.94. The van der Waals surface area contributed by atoms with E-state index in [1.807, 2.05) is 64.9 Å². The van der Waals surface area contributed by atoms with E-state index in [-0.39, 0.29) is 5.91 Å². The summed E-state index contributed by atoms with van der Waals surface area (Å²) in [5.41, 5.74) is 4.66. The highest BCUT2D eigenvalue weighted by Crippen LogP contribution is 2.43. The van der Waals surface area contributed by atoms with Crippen molar-refractivity contribution in [1.82, 2.24) is 9.88 Å². The molecule has 0 saturated heterocycles. The molecule has 0 saturated carbocycles. The van der Waals surface area contributed by atoms with Crippen molar-refractivity contribution in [3.63, 3.8) is 0 Å². The van der Waals surface area contributed by atoms with Gasteiger partial charge in [0.15, 0.2) is 0 Å². The fourth-order valence-corrected chi connectivity index (χ4v) is 5.65. The molecule has 28 heavy (non-hydrogen) atoms. The van der Waals surface area contributed by atoms with Gasteiger partial charge in [0.2, 0.25) is 0 Å². The average Bonchev–Trinajstić information content (AvgIpc) is 3.13. The predicted octanol–water partition coefficient (Wildman–Crippen LogP) is 4.64. The number of carbonyl (C=O) groups is 1. The zero-order valence-corrected chi connectivity index (χ0v) is 16.6. The molecule has 0 N–H and O–H groups in total. The van der Waals surface area contributed by atoms with Crippen molar-refractivity contribution in [2.45, 2.75) is 38.8 Å². The van der Waals surface area contributed by atoms with E-state index in [4.69, 9.17) is 0 Å². The van der Waals surface area contributed by atoms with Crippen molar-refractivity contribution in [1.29, 1.82) is 0 Å². The quantitative estimate of drug-likeness (QED) is 0.655. The Bertz CT molecular complexity index is 984. The van der Waals surface area contributed by atoms with Crippen LogP contribution in [0.2, 0.25) is 0 Å². The third-order valence-electron chi connectivity index (χ3n) is 5.61. The second-order valence-electron chi connectivity index (χ2n) is 7.54. The summed E-state index contributed by atoms with van der Waals surface area (Å²) in [5.74, 6) is 0.0890. The van der Waals surface area contributed by atoms with Crippen LogP contribution in [0.5, 0.6) is 0 Å². The summed E-state index contributed by atoms with van der Waals surface area (Å²) < 4.78 is 0. The summed E-state index contributed by atoms with van der Waals surface area (Å²) in [6.07, 6.45) is 6.65. The Morgan fingerprint density at radius 3 is 2.64 bits per heavy atom. The van der Waals surface area contributed by atoms with Gasteiger partial charge >= 0.3 is 0 Å². The molecule has 0 fully saturated rings. The maximum Gasteiger partial charge on any atom is 0.260 e. The third-order valence-corrected chi connectivity index (χ3v) is 6.96. The van der Waals surface area contributed by atoms with E-state index >= 15 is 0 Å². The summed E-state index contributed by atoms with van der Waals surface area (Å²) in [7, 11) is 0. The Morgan fingerprint density at radius 1 is 1.00 bits per heavy atom. The van der Waals surface area contributed by atoms with Crippen molar-refractivity contribution in [3.8, 4) is 0 Å². The van der Waals surface area contributed by atoms with Crippen LogP contribution >= 0.6 is 11.3 Å². The first-order valence-corrected chi connectivity index (χ1v) is 10.7. The normalized spacial score (nSPS) is 16.5. The van der Waals surface area contributed by atoms with Gasteiger partial charge in [0.1, 0.15) is 5.00 Å². The Balaban J connectivity index is 1.52. The molecule has 0 atom stereocenters. The Morgan fingerprint density at radius 2 is 1.82 bits per heavy atom. The molecule has 2 aliphatic rings. The van der Waals surface area contributed by atoms with Crippen LogP contribution in [0.1, 0.15) is 44.9 Å². The Hall–Kier alpha value is -2.50. The third kappa shape index (κ3) is 3.25. The first-order valence-electron chi connectivity index (χ1n) is 9.92. The molecule has 5 heteroatoms. The van der Waals surface area contributed by atoms with Gasteiger partial charge in [0.05, 0.1) is 12.4 Å². The van der Waals surface area contributed by atoms with E-state index in [1.54, 1.807) is 0 Å². The molecule has 4 nitrogen and oxygen atoms in total. The van der Waals surface area contributed by atoms with Crippen LogP contribution < -0.4 is 4.90 Å². The zero-order valence-electron chi connectivity index (χ0n) is 15.8. The predicted molar refractivity (Wildman–Crippen MR) is 113 cm³/mol. The number of fused-ring (bicyclic) bond motifs is 3. The molecule has 1 aliphatic heterocycles. The minimum atomic E-state index is 0.0890. The highest BCUT2D eigenvalue weighted by molar-refractivity contribution is 7.16. The van der Waals surface area contributed by atoms with Crippen molar-refractivity contribution in [2.24, 2.45) is 0 Å². The van der Waals surface area contributed by atoms with E-state index < -0.39 is 0 Å². The number of rotatable bonds is 3.